The summed E-state index contributed by atoms with van der Waals surface area (Å²) in [7, 11) is 0. The molecule has 1 aromatic heterocycles. The van der Waals surface area contributed by atoms with Crippen LogP contribution in [0.1, 0.15) is 34.1 Å². The fourth-order valence-electron chi connectivity index (χ4n) is 4.82. The average molecular weight is 579 g/mol. The van der Waals surface area contributed by atoms with Gasteiger partial charge in [0.1, 0.15) is 24.4 Å². The van der Waals surface area contributed by atoms with E-state index in [2.05, 4.69) is 9.97 Å². The molecule has 7 heteroatoms. The smallest absolute Gasteiger partial charge is 0.128 e. The number of ether oxygens (including phenoxy) is 4. The number of aliphatic hydroxyl groups is 1. The number of hydrogen-bond donors (Lipinski definition) is 2. The van der Waals surface area contributed by atoms with E-state index in [1.165, 1.54) is 0 Å². The number of nitrogens with one attached hydrogen (secondary N) is 1. The van der Waals surface area contributed by atoms with Crippen LogP contribution in [0.4, 0.5) is 0 Å². The molecule has 0 spiro atoms. The summed E-state index contributed by atoms with van der Waals surface area (Å²) >= 11 is 0. The molecule has 1 heterocycles. The van der Waals surface area contributed by atoms with E-state index in [-0.39, 0.29) is 13.2 Å². The molecule has 0 radical (unpaired) electrons. The van der Waals surface area contributed by atoms with Crippen molar-refractivity contribution in [2.75, 3.05) is 6.61 Å². The predicted octanol–water partition coefficient (Wildman–Crippen LogP) is 6.42. The maximum absolute atomic E-state index is 11.7. The molecule has 5 rings (SSSR count). The van der Waals surface area contributed by atoms with Crippen molar-refractivity contribution in [2.45, 2.75) is 50.8 Å². The Morgan fingerprint density at radius 2 is 1.00 bits per heavy atom. The highest BCUT2D eigenvalue weighted by atomic mass is 16.6. The number of H-pyrrole nitrogens is 1. The maximum atomic E-state index is 11.7. The first kappa shape index (κ1) is 30.4. The number of rotatable bonds is 17. The quantitative estimate of drug-likeness (QED) is 0.133. The number of aromatic amines is 1. The molecule has 0 unspecified atom stereocenters. The number of benzene rings is 4. The van der Waals surface area contributed by atoms with Crippen LogP contribution in [-0.2, 0) is 45.4 Å². The third kappa shape index (κ3) is 9.44. The summed E-state index contributed by atoms with van der Waals surface area (Å²) in [4.78, 5) is 7.46. The minimum atomic E-state index is -1.01. The van der Waals surface area contributed by atoms with Crippen molar-refractivity contribution in [1.29, 1.82) is 0 Å². The second kappa shape index (κ2) is 16.5. The van der Waals surface area contributed by atoms with Crippen LogP contribution < -0.4 is 0 Å². The van der Waals surface area contributed by atoms with E-state index < -0.39 is 24.4 Å². The zero-order chi connectivity index (χ0) is 29.5. The monoisotopic (exact) mass is 578 g/mol. The molecule has 0 fully saturated rings. The molecule has 0 bridgehead atoms. The zero-order valence-corrected chi connectivity index (χ0v) is 24.1. The summed E-state index contributed by atoms with van der Waals surface area (Å²) in [5.74, 6) is 0. The van der Waals surface area contributed by atoms with Gasteiger partial charge in [0.25, 0.3) is 0 Å². The lowest BCUT2D eigenvalue weighted by atomic mass is 10.00. The van der Waals surface area contributed by atoms with Crippen LogP contribution in [0, 0.1) is 0 Å². The molecule has 7 nitrogen and oxygen atoms in total. The van der Waals surface area contributed by atoms with Crippen LogP contribution in [0.5, 0.6) is 0 Å². The molecule has 222 valence electrons. The van der Waals surface area contributed by atoms with Gasteiger partial charge in [0.2, 0.25) is 0 Å². The van der Waals surface area contributed by atoms with Crippen molar-refractivity contribution < 1.29 is 24.1 Å². The van der Waals surface area contributed by atoms with Crippen LogP contribution >= 0.6 is 0 Å². The molecule has 0 saturated carbocycles. The van der Waals surface area contributed by atoms with E-state index in [9.17, 15) is 5.11 Å². The van der Waals surface area contributed by atoms with Crippen molar-refractivity contribution in [1.82, 2.24) is 9.97 Å². The molecular formula is C36H38N2O5. The van der Waals surface area contributed by atoms with Gasteiger partial charge in [0.05, 0.1) is 51.3 Å². The van der Waals surface area contributed by atoms with Gasteiger partial charge in [-0.3, -0.25) is 0 Å². The van der Waals surface area contributed by atoms with Gasteiger partial charge in [-0.1, -0.05) is 121 Å². The van der Waals surface area contributed by atoms with Gasteiger partial charge in [-0.25, -0.2) is 4.98 Å². The molecule has 2 N–H and O–H groups in total. The SMILES string of the molecule is O[C@H](COCc1ccccc1)[C@@H](OCc1ccccc1)[C@@H](OCc1ccccc1)[C@@H](OCc1ccccc1)c1cnc[nH]1. The van der Waals surface area contributed by atoms with Gasteiger partial charge in [-0.2, -0.15) is 0 Å². The van der Waals surface area contributed by atoms with Crippen LogP contribution in [0.2, 0.25) is 0 Å². The molecular weight excluding hydrogens is 540 g/mol. The summed E-state index contributed by atoms with van der Waals surface area (Å²) in [5, 5.41) is 11.7. The van der Waals surface area contributed by atoms with Crippen LogP contribution in [-0.4, -0.2) is 40.0 Å². The Morgan fingerprint density at radius 1 is 0.558 bits per heavy atom. The maximum Gasteiger partial charge on any atom is 0.128 e. The number of imidazole rings is 1. The number of nitrogens with zero attached hydrogens (tertiary/aromatic N) is 1. The van der Waals surface area contributed by atoms with Gasteiger partial charge in [-0.15, -0.1) is 0 Å². The third-order valence-corrected chi connectivity index (χ3v) is 7.07. The highest BCUT2D eigenvalue weighted by Crippen LogP contribution is 2.30. The molecule has 4 aromatic carbocycles. The highest BCUT2D eigenvalue weighted by molar-refractivity contribution is 5.17. The Kier molecular flexibility index (Phi) is 11.7. The van der Waals surface area contributed by atoms with E-state index in [0.717, 1.165) is 27.9 Å². The van der Waals surface area contributed by atoms with Gasteiger partial charge in [0.15, 0.2) is 0 Å². The molecule has 5 aromatic rings. The molecule has 0 aliphatic carbocycles. The van der Waals surface area contributed by atoms with E-state index >= 15 is 0 Å². The lowest BCUT2D eigenvalue weighted by molar-refractivity contribution is -0.190. The van der Waals surface area contributed by atoms with E-state index in [4.69, 9.17) is 18.9 Å². The predicted molar refractivity (Wildman–Crippen MR) is 165 cm³/mol. The van der Waals surface area contributed by atoms with Crippen molar-refractivity contribution in [3.05, 3.63) is 162 Å². The Bertz CT molecular complexity index is 1420. The Hall–Kier alpha value is -4.11. The topological polar surface area (TPSA) is 85.8 Å². The summed E-state index contributed by atoms with van der Waals surface area (Å²) in [6.45, 7) is 1.33. The molecule has 0 amide bonds. The summed E-state index contributed by atoms with van der Waals surface area (Å²) in [5.41, 5.74) is 4.74. The van der Waals surface area contributed by atoms with Crippen molar-refractivity contribution in [3.8, 4) is 0 Å². The van der Waals surface area contributed by atoms with Crippen molar-refractivity contribution in [2.24, 2.45) is 0 Å². The van der Waals surface area contributed by atoms with Crippen molar-refractivity contribution >= 4 is 0 Å². The van der Waals surface area contributed by atoms with Gasteiger partial charge < -0.3 is 29.0 Å². The second-order valence-corrected chi connectivity index (χ2v) is 10.3. The summed E-state index contributed by atoms with van der Waals surface area (Å²) < 4.78 is 25.7. The van der Waals surface area contributed by atoms with Gasteiger partial charge >= 0.3 is 0 Å². The first-order valence-electron chi connectivity index (χ1n) is 14.5. The third-order valence-electron chi connectivity index (χ3n) is 7.07. The first-order chi connectivity index (χ1) is 21.3. The largest absolute Gasteiger partial charge is 0.388 e. The van der Waals surface area contributed by atoms with Crippen LogP contribution in [0.25, 0.3) is 0 Å². The summed E-state index contributed by atoms with van der Waals surface area (Å²) in [6.07, 6.45) is 0.171. The molecule has 4 atom stereocenters. The summed E-state index contributed by atoms with van der Waals surface area (Å²) in [6, 6.07) is 39.6. The lowest BCUT2D eigenvalue weighted by Gasteiger charge is -2.35. The standard InChI is InChI=1S/C36H38N2O5/c39-33(26-40-22-28-13-5-1-6-14-28)35(42-24-30-17-9-3-10-18-30)36(43-25-31-19-11-4-12-20-31)34(32-21-37-27-38-32)41-23-29-15-7-2-8-16-29/h1-21,27,33-36,39H,22-26H2,(H,37,38)/t33-,34+,35-,36+/m1/s1. The molecule has 0 aliphatic rings. The Labute approximate surface area is 253 Å². The van der Waals surface area contributed by atoms with Crippen molar-refractivity contribution in [3.63, 3.8) is 0 Å². The number of hydrogen-bond acceptors (Lipinski definition) is 6. The van der Waals surface area contributed by atoms with Gasteiger partial charge in [0, 0.05) is 0 Å². The fraction of sp³-hybridized carbons (Fsp3) is 0.250. The molecule has 43 heavy (non-hydrogen) atoms. The number of aliphatic hydroxyl groups excluding tert-OH is 1. The Balaban J connectivity index is 1.42. The highest BCUT2D eigenvalue weighted by Gasteiger charge is 2.39. The van der Waals surface area contributed by atoms with E-state index in [1.54, 1.807) is 12.5 Å². The minimum absolute atomic E-state index is 0.0495. The molecule has 0 saturated heterocycles. The van der Waals surface area contributed by atoms with Gasteiger partial charge in [-0.05, 0) is 22.3 Å². The number of aromatic nitrogens is 2. The van der Waals surface area contributed by atoms with Crippen LogP contribution in [0.15, 0.2) is 134 Å². The van der Waals surface area contributed by atoms with Crippen LogP contribution in [0.3, 0.4) is 0 Å². The fourth-order valence-corrected chi connectivity index (χ4v) is 4.82. The normalized spacial score (nSPS) is 14.2. The average Bonchev–Trinajstić information content (AvgIpc) is 3.60. The first-order valence-corrected chi connectivity index (χ1v) is 14.5. The zero-order valence-electron chi connectivity index (χ0n) is 24.1. The lowest BCUT2D eigenvalue weighted by Crippen LogP contribution is -2.47. The van der Waals surface area contributed by atoms with E-state index in [0.29, 0.717) is 19.8 Å². The molecule has 0 aliphatic heterocycles. The Morgan fingerprint density at radius 3 is 1.47 bits per heavy atom. The second-order valence-electron chi connectivity index (χ2n) is 10.3. The minimum Gasteiger partial charge on any atom is -0.388 e. The van der Waals surface area contributed by atoms with E-state index in [1.807, 2.05) is 121 Å².